The van der Waals surface area contributed by atoms with Gasteiger partial charge >= 0.3 is 0 Å². The van der Waals surface area contributed by atoms with Crippen LogP contribution in [0.5, 0.6) is 0 Å². The Morgan fingerprint density at radius 3 is 2.67 bits per heavy atom. The second-order valence-corrected chi connectivity index (χ2v) is 4.44. The standard InChI is InChI=1S/C11H22O/c1-4-11(7-8-12-3)6-5-10(2)9-11/h10H,4-9H2,1-3H3. The van der Waals surface area contributed by atoms with Crippen molar-refractivity contribution in [1.29, 1.82) is 0 Å². The Bertz CT molecular complexity index is 133. The summed E-state index contributed by atoms with van der Waals surface area (Å²) >= 11 is 0. The lowest BCUT2D eigenvalue weighted by atomic mass is 9.80. The van der Waals surface area contributed by atoms with Crippen LogP contribution in [0, 0.1) is 11.3 Å². The highest BCUT2D eigenvalue weighted by molar-refractivity contribution is 4.86. The van der Waals surface area contributed by atoms with Gasteiger partial charge in [-0.05, 0) is 30.6 Å². The molecule has 1 heteroatoms. The maximum absolute atomic E-state index is 5.17. The van der Waals surface area contributed by atoms with Gasteiger partial charge in [-0.1, -0.05) is 26.7 Å². The highest BCUT2D eigenvalue weighted by atomic mass is 16.5. The molecule has 0 N–H and O–H groups in total. The molecule has 0 radical (unpaired) electrons. The zero-order chi connectivity index (χ0) is 9.03. The first-order chi connectivity index (χ1) is 5.72. The van der Waals surface area contributed by atoms with Gasteiger partial charge in [0.05, 0.1) is 0 Å². The van der Waals surface area contributed by atoms with Gasteiger partial charge in [-0.25, -0.2) is 0 Å². The van der Waals surface area contributed by atoms with Crippen LogP contribution in [0.1, 0.15) is 46.0 Å². The zero-order valence-electron chi connectivity index (χ0n) is 8.73. The Hall–Kier alpha value is -0.0400. The maximum Gasteiger partial charge on any atom is 0.0467 e. The van der Waals surface area contributed by atoms with Crippen molar-refractivity contribution >= 4 is 0 Å². The second kappa shape index (κ2) is 4.27. The minimum absolute atomic E-state index is 0.634. The lowest BCUT2D eigenvalue weighted by Gasteiger charge is -2.27. The first kappa shape index (κ1) is 10.0. The molecule has 1 aliphatic carbocycles. The van der Waals surface area contributed by atoms with E-state index in [2.05, 4.69) is 13.8 Å². The summed E-state index contributed by atoms with van der Waals surface area (Å²) in [6.45, 7) is 5.65. The van der Waals surface area contributed by atoms with Crippen molar-refractivity contribution in [2.75, 3.05) is 13.7 Å². The Labute approximate surface area is 76.5 Å². The molecule has 2 unspecified atom stereocenters. The molecule has 1 rings (SSSR count). The molecule has 0 aromatic carbocycles. The maximum atomic E-state index is 5.17. The van der Waals surface area contributed by atoms with Crippen molar-refractivity contribution in [1.82, 2.24) is 0 Å². The first-order valence-corrected chi connectivity index (χ1v) is 5.21. The summed E-state index contributed by atoms with van der Waals surface area (Å²) in [5.41, 5.74) is 0.634. The van der Waals surface area contributed by atoms with E-state index in [-0.39, 0.29) is 0 Å². The van der Waals surface area contributed by atoms with Gasteiger partial charge in [0.1, 0.15) is 0 Å². The normalized spacial score (nSPS) is 35.8. The fourth-order valence-corrected chi connectivity index (χ4v) is 2.54. The van der Waals surface area contributed by atoms with E-state index < -0.39 is 0 Å². The summed E-state index contributed by atoms with van der Waals surface area (Å²) in [4.78, 5) is 0. The third kappa shape index (κ3) is 2.22. The minimum Gasteiger partial charge on any atom is -0.385 e. The Balaban J connectivity index is 2.41. The van der Waals surface area contributed by atoms with Gasteiger partial charge in [-0.15, -0.1) is 0 Å². The van der Waals surface area contributed by atoms with Crippen LogP contribution in [-0.2, 0) is 4.74 Å². The van der Waals surface area contributed by atoms with Crippen LogP contribution in [0.15, 0.2) is 0 Å². The largest absolute Gasteiger partial charge is 0.385 e. The number of hydrogen-bond donors (Lipinski definition) is 0. The van der Waals surface area contributed by atoms with E-state index in [1.807, 2.05) is 7.11 Å². The molecule has 2 atom stereocenters. The molecule has 72 valence electrons. The molecule has 0 amide bonds. The van der Waals surface area contributed by atoms with Gasteiger partial charge in [0, 0.05) is 13.7 Å². The summed E-state index contributed by atoms with van der Waals surface area (Å²) in [6, 6.07) is 0. The highest BCUT2D eigenvalue weighted by Gasteiger charge is 2.34. The summed E-state index contributed by atoms with van der Waals surface area (Å²) in [5.74, 6) is 0.946. The molecule has 0 saturated heterocycles. The lowest BCUT2D eigenvalue weighted by Crippen LogP contribution is -2.17. The molecule has 1 aliphatic rings. The molecule has 1 nitrogen and oxygen atoms in total. The Kier molecular flexibility index (Phi) is 3.57. The van der Waals surface area contributed by atoms with Crippen LogP contribution in [0.3, 0.4) is 0 Å². The van der Waals surface area contributed by atoms with Crippen molar-refractivity contribution < 1.29 is 4.74 Å². The third-order valence-electron chi connectivity index (χ3n) is 3.54. The van der Waals surface area contributed by atoms with Crippen molar-refractivity contribution in [2.24, 2.45) is 11.3 Å². The van der Waals surface area contributed by atoms with Gasteiger partial charge in [0.25, 0.3) is 0 Å². The van der Waals surface area contributed by atoms with Crippen LogP contribution in [-0.4, -0.2) is 13.7 Å². The molecule has 0 heterocycles. The molecule has 0 bridgehead atoms. The topological polar surface area (TPSA) is 9.23 Å². The van der Waals surface area contributed by atoms with Crippen molar-refractivity contribution in [3.63, 3.8) is 0 Å². The lowest BCUT2D eigenvalue weighted by molar-refractivity contribution is 0.132. The zero-order valence-corrected chi connectivity index (χ0v) is 8.73. The third-order valence-corrected chi connectivity index (χ3v) is 3.54. The molecule has 1 fully saturated rings. The molecule has 12 heavy (non-hydrogen) atoms. The predicted molar refractivity (Wildman–Crippen MR) is 52.2 cm³/mol. The molecular formula is C11H22O. The van der Waals surface area contributed by atoms with Crippen LogP contribution < -0.4 is 0 Å². The molecule has 0 spiro atoms. The summed E-state index contributed by atoms with van der Waals surface area (Å²) < 4.78 is 5.17. The molecule has 0 aromatic rings. The second-order valence-electron chi connectivity index (χ2n) is 4.44. The number of methoxy groups -OCH3 is 1. The minimum atomic E-state index is 0.634. The summed E-state index contributed by atoms with van der Waals surface area (Å²) in [7, 11) is 1.81. The first-order valence-electron chi connectivity index (χ1n) is 5.21. The van der Waals surface area contributed by atoms with Crippen molar-refractivity contribution in [2.45, 2.75) is 46.0 Å². The number of rotatable bonds is 4. The molecular weight excluding hydrogens is 148 g/mol. The van der Waals surface area contributed by atoms with Gasteiger partial charge in [0.15, 0.2) is 0 Å². The Morgan fingerprint density at radius 2 is 2.25 bits per heavy atom. The smallest absolute Gasteiger partial charge is 0.0467 e. The Morgan fingerprint density at radius 1 is 1.50 bits per heavy atom. The van der Waals surface area contributed by atoms with Crippen LogP contribution >= 0.6 is 0 Å². The molecule has 0 aliphatic heterocycles. The molecule has 0 aromatic heterocycles. The number of hydrogen-bond acceptors (Lipinski definition) is 1. The van der Waals surface area contributed by atoms with E-state index in [1.54, 1.807) is 0 Å². The van der Waals surface area contributed by atoms with Crippen LogP contribution in [0.2, 0.25) is 0 Å². The van der Waals surface area contributed by atoms with Gasteiger partial charge in [0.2, 0.25) is 0 Å². The number of ether oxygens (including phenoxy) is 1. The van der Waals surface area contributed by atoms with Crippen LogP contribution in [0.4, 0.5) is 0 Å². The van der Waals surface area contributed by atoms with E-state index in [0.717, 1.165) is 12.5 Å². The van der Waals surface area contributed by atoms with Gasteiger partial charge in [-0.2, -0.15) is 0 Å². The monoisotopic (exact) mass is 170 g/mol. The van der Waals surface area contributed by atoms with E-state index >= 15 is 0 Å². The van der Waals surface area contributed by atoms with Crippen molar-refractivity contribution in [3.05, 3.63) is 0 Å². The average Bonchev–Trinajstić information content (AvgIpc) is 2.45. The predicted octanol–water partition coefficient (Wildman–Crippen LogP) is 3.24. The van der Waals surface area contributed by atoms with Gasteiger partial charge < -0.3 is 4.74 Å². The van der Waals surface area contributed by atoms with E-state index in [0.29, 0.717) is 5.41 Å². The fraction of sp³-hybridized carbons (Fsp3) is 1.00. The van der Waals surface area contributed by atoms with E-state index in [1.165, 1.54) is 32.1 Å². The molecule has 1 saturated carbocycles. The van der Waals surface area contributed by atoms with Crippen LogP contribution in [0.25, 0.3) is 0 Å². The van der Waals surface area contributed by atoms with Crippen molar-refractivity contribution in [3.8, 4) is 0 Å². The average molecular weight is 170 g/mol. The summed E-state index contributed by atoms with van der Waals surface area (Å²) in [5, 5.41) is 0. The van der Waals surface area contributed by atoms with E-state index in [4.69, 9.17) is 4.74 Å². The SMILES string of the molecule is CCC1(CCOC)CCC(C)C1. The quantitative estimate of drug-likeness (QED) is 0.629. The fourth-order valence-electron chi connectivity index (χ4n) is 2.54. The highest BCUT2D eigenvalue weighted by Crippen LogP contribution is 2.46. The van der Waals surface area contributed by atoms with Gasteiger partial charge in [-0.3, -0.25) is 0 Å². The van der Waals surface area contributed by atoms with E-state index in [9.17, 15) is 0 Å². The summed E-state index contributed by atoms with van der Waals surface area (Å²) in [6.07, 6.45) is 6.88.